The first-order chi connectivity index (χ1) is 24.9. The van der Waals surface area contributed by atoms with Gasteiger partial charge in [0.25, 0.3) is 11.8 Å². The SMILES string of the molecule is Cc1ccc(NN2C(=O)C3CC4C(=CCC5C(=O)N(c6ccc(C(=O)O)c(O)c6)C(=O)C54)C(c4cc(Cl)ccc4O)C3(c3ccccc3)C2=O)cc1. The lowest BCUT2D eigenvalue weighted by Crippen LogP contribution is -2.53. The number of halogens is 1. The fourth-order valence-electron chi connectivity index (χ4n) is 8.94. The maximum atomic E-state index is 15.2. The van der Waals surface area contributed by atoms with E-state index in [0.717, 1.165) is 27.6 Å². The lowest BCUT2D eigenvalue weighted by molar-refractivity contribution is -0.138. The molecule has 0 bridgehead atoms. The first-order valence-corrected chi connectivity index (χ1v) is 17.2. The summed E-state index contributed by atoms with van der Waals surface area (Å²) in [7, 11) is 0. The molecule has 0 aromatic heterocycles. The number of rotatable bonds is 6. The molecule has 52 heavy (non-hydrogen) atoms. The van der Waals surface area contributed by atoms with Crippen molar-refractivity contribution in [1.29, 1.82) is 0 Å². The smallest absolute Gasteiger partial charge is 0.339 e. The van der Waals surface area contributed by atoms with Gasteiger partial charge in [-0.1, -0.05) is 71.3 Å². The number of aryl methyl sites for hydroxylation is 1. The normalized spacial score (nSPS) is 26.5. The zero-order chi connectivity index (χ0) is 36.6. The highest BCUT2D eigenvalue weighted by Crippen LogP contribution is 2.65. The number of amides is 4. The minimum Gasteiger partial charge on any atom is -0.508 e. The van der Waals surface area contributed by atoms with E-state index in [0.29, 0.717) is 27.4 Å². The topological polar surface area (TPSA) is 165 Å². The van der Waals surface area contributed by atoms with Gasteiger partial charge in [-0.2, -0.15) is 5.01 Å². The van der Waals surface area contributed by atoms with Crippen molar-refractivity contribution in [3.05, 3.63) is 130 Å². The molecular formula is C40H32ClN3O8. The van der Waals surface area contributed by atoms with Crippen LogP contribution in [-0.4, -0.2) is 49.9 Å². The number of anilines is 2. The molecule has 0 spiro atoms. The summed E-state index contributed by atoms with van der Waals surface area (Å²) in [6.07, 6.45) is 2.01. The molecule has 11 nitrogen and oxygen atoms in total. The number of allylic oxidation sites excluding steroid dienone is 2. The molecule has 8 rings (SSSR count). The molecule has 1 saturated carbocycles. The fraction of sp³-hybridized carbons (Fsp3) is 0.225. The molecule has 12 heteroatoms. The quantitative estimate of drug-likeness (QED) is 0.139. The lowest BCUT2D eigenvalue weighted by atomic mass is 9.49. The van der Waals surface area contributed by atoms with Crippen molar-refractivity contribution in [2.45, 2.75) is 31.1 Å². The van der Waals surface area contributed by atoms with Crippen molar-refractivity contribution in [1.82, 2.24) is 5.01 Å². The van der Waals surface area contributed by atoms with Crippen LogP contribution in [0.2, 0.25) is 5.02 Å². The number of phenolic OH excluding ortho intramolecular Hbond substituents is 1. The van der Waals surface area contributed by atoms with Gasteiger partial charge in [0.05, 0.1) is 34.5 Å². The predicted molar refractivity (Wildman–Crippen MR) is 189 cm³/mol. The number of carbonyl (C=O) groups is 5. The van der Waals surface area contributed by atoms with Crippen LogP contribution in [0.15, 0.2) is 103 Å². The molecule has 2 aliphatic heterocycles. The number of nitrogens with zero attached hydrogens (tertiary/aromatic N) is 2. The van der Waals surface area contributed by atoms with Crippen molar-refractivity contribution in [2.75, 3.05) is 10.3 Å². The number of fused-ring (bicyclic) bond motifs is 4. The van der Waals surface area contributed by atoms with E-state index >= 15 is 4.79 Å². The van der Waals surface area contributed by atoms with Gasteiger partial charge in [-0.05, 0) is 73.7 Å². The molecule has 2 heterocycles. The number of hydrazine groups is 1. The highest BCUT2D eigenvalue weighted by atomic mass is 35.5. The molecule has 2 aliphatic carbocycles. The molecule has 4 amide bonds. The molecule has 6 unspecified atom stereocenters. The molecule has 4 N–H and O–H groups in total. The highest BCUT2D eigenvalue weighted by molar-refractivity contribution is 6.30. The summed E-state index contributed by atoms with van der Waals surface area (Å²) in [4.78, 5) is 70.9. The van der Waals surface area contributed by atoms with Crippen LogP contribution in [0.5, 0.6) is 11.5 Å². The molecule has 0 radical (unpaired) electrons. The van der Waals surface area contributed by atoms with Crippen molar-refractivity contribution in [3.63, 3.8) is 0 Å². The average molecular weight is 718 g/mol. The molecule has 262 valence electrons. The Labute approximate surface area is 302 Å². The van der Waals surface area contributed by atoms with Crippen LogP contribution in [0, 0.1) is 30.6 Å². The Kier molecular flexibility index (Phi) is 7.72. The van der Waals surface area contributed by atoms with Crippen LogP contribution in [0.3, 0.4) is 0 Å². The minimum absolute atomic E-state index is 0.0209. The Bertz CT molecular complexity index is 2240. The van der Waals surface area contributed by atoms with Crippen molar-refractivity contribution >= 4 is 52.6 Å². The van der Waals surface area contributed by atoms with Gasteiger partial charge in [0.15, 0.2) is 0 Å². The summed E-state index contributed by atoms with van der Waals surface area (Å²) in [5.74, 6) is -8.78. The Morgan fingerprint density at radius 1 is 0.846 bits per heavy atom. The molecule has 4 aromatic carbocycles. The average Bonchev–Trinajstić information content (AvgIpc) is 3.51. The number of hydrogen-bond donors (Lipinski definition) is 4. The third-order valence-electron chi connectivity index (χ3n) is 11.2. The number of benzene rings is 4. The van der Waals surface area contributed by atoms with Crippen molar-refractivity contribution < 1.29 is 39.3 Å². The maximum absolute atomic E-state index is 15.2. The standard InChI is InChI=1S/C40H32ClN3O8/c1-20-7-10-23(11-8-20)42-44-36(48)30-19-28-25(14-15-27-33(28)37(49)43(35(27)47)24-12-13-26(38(50)51)32(46)18-24)34(29-17-22(41)9-16-31(29)45)40(30,39(44)52)21-5-3-2-4-6-21/h2-14,16-18,27-28,30,33-34,42,45-46H,15,19H2,1H3,(H,50,51). The zero-order valence-corrected chi connectivity index (χ0v) is 28.4. The number of imide groups is 2. The van der Waals surface area contributed by atoms with E-state index in [1.165, 1.54) is 18.2 Å². The first-order valence-electron chi connectivity index (χ1n) is 16.8. The van der Waals surface area contributed by atoms with Crippen LogP contribution < -0.4 is 10.3 Å². The van der Waals surface area contributed by atoms with E-state index in [1.807, 2.05) is 25.1 Å². The molecule has 3 fully saturated rings. The zero-order valence-electron chi connectivity index (χ0n) is 27.7. The second kappa shape index (κ2) is 12.1. The van der Waals surface area contributed by atoms with Crippen LogP contribution in [0.4, 0.5) is 11.4 Å². The number of carbonyl (C=O) groups excluding carboxylic acids is 4. The number of hydrogen-bond acceptors (Lipinski definition) is 8. The van der Waals surface area contributed by atoms with Gasteiger partial charge >= 0.3 is 5.97 Å². The predicted octanol–water partition coefficient (Wildman–Crippen LogP) is 5.95. The number of nitrogens with one attached hydrogen (secondary N) is 1. The number of phenols is 2. The first kappa shape index (κ1) is 33.2. The Morgan fingerprint density at radius 3 is 2.27 bits per heavy atom. The Morgan fingerprint density at radius 2 is 1.58 bits per heavy atom. The summed E-state index contributed by atoms with van der Waals surface area (Å²) < 4.78 is 0. The van der Waals surface area contributed by atoms with Crippen LogP contribution >= 0.6 is 11.6 Å². The van der Waals surface area contributed by atoms with Crippen molar-refractivity contribution in [2.24, 2.45) is 23.7 Å². The summed E-state index contributed by atoms with van der Waals surface area (Å²) in [5, 5.41) is 32.7. The van der Waals surface area contributed by atoms with Crippen LogP contribution in [0.25, 0.3) is 0 Å². The van der Waals surface area contributed by atoms with E-state index in [-0.39, 0.29) is 29.8 Å². The highest BCUT2D eigenvalue weighted by Gasteiger charge is 2.70. The molecule has 4 aliphatic rings. The van der Waals surface area contributed by atoms with E-state index in [4.69, 9.17) is 11.6 Å². The molecular weight excluding hydrogens is 686 g/mol. The maximum Gasteiger partial charge on any atom is 0.339 e. The van der Waals surface area contributed by atoms with Gasteiger partial charge in [-0.3, -0.25) is 24.6 Å². The third-order valence-corrected chi connectivity index (χ3v) is 11.4. The summed E-state index contributed by atoms with van der Waals surface area (Å²) in [6.45, 7) is 1.92. The van der Waals surface area contributed by atoms with Crippen molar-refractivity contribution in [3.8, 4) is 11.5 Å². The second-order valence-corrected chi connectivity index (χ2v) is 14.2. The summed E-state index contributed by atoms with van der Waals surface area (Å²) in [6, 6.07) is 24.2. The van der Waals surface area contributed by atoms with E-state index < -0.39 is 70.4 Å². The minimum atomic E-state index is -1.59. The fourth-order valence-corrected chi connectivity index (χ4v) is 9.12. The number of carboxylic acid groups (broad SMARTS) is 1. The molecule has 4 aromatic rings. The van der Waals surface area contributed by atoms with E-state index in [1.54, 1.807) is 48.5 Å². The second-order valence-electron chi connectivity index (χ2n) is 13.8. The number of aromatic hydroxyl groups is 2. The third kappa shape index (κ3) is 4.76. The Hall–Kier alpha value is -5.94. The van der Waals surface area contributed by atoms with Gasteiger partial charge in [-0.15, -0.1) is 0 Å². The summed E-state index contributed by atoms with van der Waals surface area (Å²) >= 11 is 6.55. The lowest BCUT2D eigenvalue weighted by Gasteiger charge is -2.50. The van der Waals surface area contributed by atoms with Crippen LogP contribution in [0.1, 0.15) is 45.8 Å². The van der Waals surface area contributed by atoms with Gasteiger partial charge < -0.3 is 15.3 Å². The van der Waals surface area contributed by atoms with E-state index in [9.17, 15) is 34.5 Å². The number of carboxylic acids is 1. The van der Waals surface area contributed by atoms with Gasteiger partial charge in [0.2, 0.25) is 11.8 Å². The summed E-state index contributed by atoms with van der Waals surface area (Å²) in [5.41, 5.74) is 4.06. The van der Waals surface area contributed by atoms with Crippen LogP contribution in [-0.2, 0) is 24.6 Å². The van der Waals surface area contributed by atoms with Gasteiger partial charge in [0.1, 0.15) is 17.1 Å². The molecule has 2 saturated heterocycles. The Balaban J connectivity index is 1.30. The molecule has 6 atom stereocenters. The number of aromatic carboxylic acids is 1. The monoisotopic (exact) mass is 717 g/mol. The van der Waals surface area contributed by atoms with Gasteiger partial charge in [0, 0.05) is 22.6 Å². The largest absolute Gasteiger partial charge is 0.508 e. The van der Waals surface area contributed by atoms with Gasteiger partial charge in [-0.25, -0.2) is 9.69 Å². The van der Waals surface area contributed by atoms with E-state index in [2.05, 4.69) is 5.43 Å².